The standard InChI is InChI=1S/C8H6BrClO2/c9-7-3-1-2-6(4-7)8(11)12-5-10/h1-4H,5H2. The van der Waals surface area contributed by atoms with Crippen molar-refractivity contribution in [3.05, 3.63) is 34.3 Å². The third-order valence-electron chi connectivity index (χ3n) is 1.25. The molecule has 0 saturated carbocycles. The van der Waals surface area contributed by atoms with Gasteiger partial charge in [-0.05, 0) is 18.2 Å². The second kappa shape index (κ2) is 4.48. The highest BCUT2D eigenvalue weighted by Gasteiger charge is 2.05. The lowest BCUT2D eigenvalue weighted by atomic mass is 10.2. The van der Waals surface area contributed by atoms with E-state index in [4.69, 9.17) is 11.6 Å². The number of alkyl halides is 1. The van der Waals surface area contributed by atoms with Gasteiger partial charge in [0.25, 0.3) is 0 Å². The maximum atomic E-state index is 11.1. The summed E-state index contributed by atoms with van der Waals surface area (Å²) in [6, 6.07) is 6.81. The van der Waals surface area contributed by atoms with Crippen molar-refractivity contribution in [1.29, 1.82) is 0 Å². The molecule has 0 N–H and O–H groups in total. The summed E-state index contributed by atoms with van der Waals surface area (Å²) < 4.78 is 5.43. The highest BCUT2D eigenvalue weighted by molar-refractivity contribution is 9.10. The second-order valence-corrected chi connectivity index (χ2v) is 3.19. The normalized spacial score (nSPS) is 9.50. The Bertz CT molecular complexity index is 288. The molecule has 2 nitrogen and oxygen atoms in total. The van der Waals surface area contributed by atoms with Crippen LogP contribution in [-0.4, -0.2) is 12.0 Å². The van der Waals surface area contributed by atoms with Gasteiger partial charge in [0.15, 0.2) is 6.07 Å². The maximum absolute atomic E-state index is 11.1. The van der Waals surface area contributed by atoms with E-state index in [1.54, 1.807) is 18.2 Å². The first kappa shape index (κ1) is 9.55. The van der Waals surface area contributed by atoms with Crippen LogP contribution < -0.4 is 0 Å². The molecule has 1 aromatic carbocycles. The molecule has 1 aromatic rings. The van der Waals surface area contributed by atoms with Crippen molar-refractivity contribution in [3.63, 3.8) is 0 Å². The van der Waals surface area contributed by atoms with Crippen LogP contribution >= 0.6 is 27.5 Å². The summed E-state index contributed by atoms with van der Waals surface area (Å²) >= 11 is 8.47. The van der Waals surface area contributed by atoms with Gasteiger partial charge in [-0.3, -0.25) is 0 Å². The predicted molar refractivity (Wildman–Crippen MR) is 50.3 cm³/mol. The SMILES string of the molecule is O=C(OCCl)c1cccc(Br)c1. The first-order valence-corrected chi connectivity index (χ1v) is 4.55. The average Bonchev–Trinajstić information content (AvgIpc) is 2.05. The fourth-order valence-corrected chi connectivity index (χ4v) is 1.25. The zero-order valence-electron chi connectivity index (χ0n) is 6.09. The van der Waals surface area contributed by atoms with Gasteiger partial charge in [0, 0.05) is 4.47 Å². The lowest BCUT2D eigenvalue weighted by molar-refractivity contribution is 0.0574. The fourth-order valence-electron chi connectivity index (χ4n) is 0.748. The van der Waals surface area contributed by atoms with E-state index in [2.05, 4.69) is 20.7 Å². The van der Waals surface area contributed by atoms with Crippen LogP contribution in [0.25, 0.3) is 0 Å². The summed E-state index contributed by atoms with van der Waals surface area (Å²) in [6.07, 6.45) is 0. The number of hydrogen-bond acceptors (Lipinski definition) is 2. The van der Waals surface area contributed by atoms with Crippen LogP contribution in [0, 0.1) is 0 Å². The molecule has 0 heterocycles. The lowest BCUT2D eigenvalue weighted by Gasteiger charge is -1.99. The Morgan fingerprint density at radius 1 is 1.58 bits per heavy atom. The fraction of sp³-hybridized carbons (Fsp3) is 0.125. The molecule has 0 atom stereocenters. The van der Waals surface area contributed by atoms with Crippen molar-refractivity contribution in [2.75, 3.05) is 6.07 Å². The van der Waals surface area contributed by atoms with Gasteiger partial charge in [-0.1, -0.05) is 33.6 Å². The predicted octanol–water partition coefficient (Wildman–Crippen LogP) is 2.80. The van der Waals surface area contributed by atoms with Gasteiger partial charge in [-0.25, -0.2) is 4.79 Å². The molecule has 12 heavy (non-hydrogen) atoms. The Labute approximate surface area is 83.6 Å². The number of ether oxygens (including phenoxy) is 1. The molecule has 0 aliphatic rings. The molecule has 0 aliphatic carbocycles. The van der Waals surface area contributed by atoms with E-state index in [1.165, 1.54) is 0 Å². The Kier molecular flexibility index (Phi) is 3.56. The van der Waals surface area contributed by atoms with Gasteiger partial charge in [0.05, 0.1) is 5.56 Å². The van der Waals surface area contributed by atoms with Crippen LogP contribution in [0.1, 0.15) is 10.4 Å². The Morgan fingerprint density at radius 2 is 2.33 bits per heavy atom. The molecule has 0 saturated heterocycles. The van der Waals surface area contributed by atoms with Crippen molar-refractivity contribution < 1.29 is 9.53 Å². The van der Waals surface area contributed by atoms with Crippen molar-refractivity contribution in [2.45, 2.75) is 0 Å². The molecule has 0 radical (unpaired) electrons. The smallest absolute Gasteiger partial charge is 0.339 e. The zero-order valence-corrected chi connectivity index (χ0v) is 8.43. The highest BCUT2D eigenvalue weighted by Crippen LogP contribution is 2.12. The summed E-state index contributed by atoms with van der Waals surface area (Å²) in [5.41, 5.74) is 0.491. The molecule has 0 fully saturated rings. The molecule has 0 unspecified atom stereocenters. The summed E-state index contributed by atoms with van der Waals surface area (Å²) in [4.78, 5) is 11.1. The van der Waals surface area contributed by atoms with Crippen LogP contribution in [0.3, 0.4) is 0 Å². The quantitative estimate of drug-likeness (QED) is 0.595. The molecule has 64 valence electrons. The number of carbonyl (C=O) groups excluding carboxylic acids is 1. The van der Waals surface area contributed by atoms with E-state index in [9.17, 15) is 4.79 Å². The minimum Gasteiger partial charge on any atom is -0.446 e. The molecule has 4 heteroatoms. The summed E-state index contributed by atoms with van der Waals surface area (Å²) in [6.45, 7) is 0. The van der Waals surface area contributed by atoms with Gasteiger partial charge < -0.3 is 4.74 Å². The molecule has 0 aromatic heterocycles. The third-order valence-corrected chi connectivity index (χ3v) is 1.85. The molecule has 0 spiro atoms. The number of benzene rings is 1. The van der Waals surface area contributed by atoms with E-state index < -0.39 is 5.97 Å². The largest absolute Gasteiger partial charge is 0.446 e. The second-order valence-electron chi connectivity index (χ2n) is 2.05. The lowest BCUT2D eigenvalue weighted by Crippen LogP contribution is -2.02. The maximum Gasteiger partial charge on any atom is 0.339 e. The summed E-state index contributed by atoms with van der Waals surface area (Å²) in [7, 11) is 0. The number of hydrogen-bond donors (Lipinski definition) is 0. The number of rotatable bonds is 2. The van der Waals surface area contributed by atoms with E-state index in [-0.39, 0.29) is 6.07 Å². The van der Waals surface area contributed by atoms with E-state index in [1.807, 2.05) is 6.07 Å². The topological polar surface area (TPSA) is 26.3 Å². The van der Waals surface area contributed by atoms with Crippen molar-refractivity contribution >= 4 is 33.5 Å². The van der Waals surface area contributed by atoms with E-state index in [0.717, 1.165) is 4.47 Å². The van der Waals surface area contributed by atoms with Crippen LogP contribution in [0.5, 0.6) is 0 Å². The third kappa shape index (κ3) is 2.50. The molecular weight excluding hydrogens is 243 g/mol. The minimum atomic E-state index is -0.411. The van der Waals surface area contributed by atoms with Crippen molar-refractivity contribution in [2.24, 2.45) is 0 Å². The Hall–Kier alpha value is -0.540. The van der Waals surface area contributed by atoms with Crippen LogP contribution in [0.15, 0.2) is 28.7 Å². The van der Waals surface area contributed by atoms with Gasteiger partial charge >= 0.3 is 5.97 Å². The van der Waals surface area contributed by atoms with Crippen molar-refractivity contribution in [3.8, 4) is 0 Å². The first-order chi connectivity index (χ1) is 5.74. The van der Waals surface area contributed by atoms with E-state index in [0.29, 0.717) is 5.56 Å². The highest BCUT2D eigenvalue weighted by atomic mass is 79.9. The van der Waals surface area contributed by atoms with Gasteiger partial charge in [0.1, 0.15) is 0 Å². The van der Waals surface area contributed by atoms with Crippen LogP contribution in [0.2, 0.25) is 0 Å². The summed E-state index contributed by atoms with van der Waals surface area (Å²) in [5.74, 6) is -0.411. The van der Waals surface area contributed by atoms with Crippen LogP contribution in [-0.2, 0) is 4.74 Å². The molecule has 0 aliphatic heterocycles. The number of carbonyl (C=O) groups is 1. The van der Waals surface area contributed by atoms with Gasteiger partial charge in [-0.15, -0.1) is 0 Å². The molecule has 0 bridgehead atoms. The number of esters is 1. The average molecular weight is 249 g/mol. The monoisotopic (exact) mass is 248 g/mol. The van der Waals surface area contributed by atoms with Crippen LogP contribution in [0.4, 0.5) is 0 Å². The zero-order chi connectivity index (χ0) is 8.97. The molecular formula is C8H6BrClO2. The molecule has 0 amide bonds. The Balaban J connectivity index is 2.81. The molecule has 1 rings (SSSR count). The minimum absolute atomic E-state index is 0.120. The number of halogens is 2. The first-order valence-electron chi connectivity index (χ1n) is 3.22. The van der Waals surface area contributed by atoms with Crippen molar-refractivity contribution in [1.82, 2.24) is 0 Å². The Morgan fingerprint density at radius 3 is 2.92 bits per heavy atom. The summed E-state index contributed by atoms with van der Waals surface area (Å²) in [5, 5.41) is 0. The van der Waals surface area contributed by atoms with Gasteiger partial charge in [0.2, 0.25) is 0 Å². The van der Waals surface area contributed by atoms with Gasteiger partial charge in [-0.2, -0.15) is 0 Å². The van der Waals surface area contributed by atoms with E-state index >= 15 is 0 Å².